The van der Waals surface area contributed by atoms with Crippen molar-refractivity contribution in [1.82, 2.24) is 14.7 Å². The zero-order valence-electron chi connectivity index (χ0n) is 21.0. The zero-order chi connectivity index (χ0) is 24.8. The standard InChI is InChI=1S/C28H36N4O3/c1-4-23-28(31(5-2)26(33)17-14-20-10-6-7-11-20)32-19-22(15-16-25(32)30-23)27(34)29-18-21-12-8-9-13-24(21)35-3/h8-9,12-13,15-16,19-20H,4-7,10-11,14,17-18H2,1-3H3,(H,29,34). The molecule has 0 spiro atoms. The minimum Gasteiger partial charge on any atom is -0.496 e. The van der Waals surface area contributed by atoms with E-state index in [9.17, 15) is 9.59 Å². The number of aryl methyl sites for hydroxylation is 1. The molecule has 0 unspecified atom stereocenters. The van der Waals surface area contributed by atoms with E-state index in [0.29, 0.717) is 37.4 Å². The normalized spacial score (nSPS) is 13.8. The Balaban J connectivity index is 1.56. The van der Waals surface area contributed by atoms with Crippen molar-refractivity contribution in [2.24, 2.45) is 5.92 Å². The predicted molar refractivity (Wildman–Crippen MR) is 138 cm³/mol. The number of methoxy groups -OCH3 is 1. The molecule has 1 aliphatic rings. The van der Waals surface area contributed by atoms with Crippen LogP contribution in [0, 0.1) is 5.92 Å². The average molecular weight is 477 g/mol. The van der Waals surface area contributed by atoms with Crippen molar-refractivity contribution in [3.8, 4) is 5.75 Å². The van der Waals surface area contributed by atoms with Crippen LogP contribution in [-0.2, 0) is 17.8 Å². The molecule has 7 nitrogen and oxygen atoms in total. The lowest BCUT2D eigenvalue weighted by Crippen LogP contribution is -2.32. The van der Waals surface area contributed by atoms with Crippen LogP contribution in [0.25, 0.3) is 5.65 Å². The number of amides is 2. The molecule has 35 heavy (non-hydrogen) atoms. The molecule has 1 N–H and O–H groups in total. The average Bonchev–Trinajstić information content (AvgIpc) is 3.54. The molecule has 3 aromatic rings. The summed E-state index contributed by atoms with van der Waals surface area (Å²) >= 11 is 0. The third kappa shape index (κ3) is 5.50. The van der Waals surface area contributed by atoms with E-state index in [1.807, 2.05) is 53.5 Å². The predicted octanol–water partition coefficient (Wildman–Crippen LogP) is 5.16. The highest BCUT2D eigenvalue weighted by Gasteiger charge is 2.24. The first kappa shape index (κ1) is 24.8. The monoisotopic (exact) mass is 476 g/mol. The van der Waals surface area contributed by atoms with Gasteiger partial charge in [-0.25, -0.2) is 4.98 Å². The molecule has 0 aliphatic heterocycles. The molecule has 2 amide bonds. The number of rotatable bonds is 10. The van der Waals surface area contributed by atoms with E-state index in [4.69, 9.17) is 9.72 Å². The van der Waals surface area contributed by atoms with Crippen LogP contribution in [0.1, 0.15) is 74.0 Å². The first-order chi connectivity index (χ1) is 17.0. The molecule has 2 heterocycles. The maximum Gasteiger partial charge on any atom is 0.253 e. The Morgan fingerprint density at radius 2 is 1.91 bits per heavy atom. The maximum absolute atomic E-state index is 13.3. The fraction of sp³-hybridized carbons (Fsp3) is 0.464. The van der Waals surface area contributed by atoms with Gasteiger partial charge in [-0.1, -0.05) is 50.8 Å². The van der Waals surface area contributed by atoms with Gasteiger partial charge in [0.2, 0.25) is 5.91 Å². The summed E-state index contributed by atoms with van der Waals surface area (Å²) in [6.45, 7) is 4.96. The summed E-state index contributed by atoms with van der Waals surface area (Å²) in [5.41, 5.74) is 3.03. The van der Waals surface area contributed by atoms with Crippen LogP contribution in [0.5, 0.6) is 5.75 Å². The van der Waals surface area contributed by atoms with Crippen molar-refractivity contribution in [3.63, 3.8) is 0 Å². The fourth-order valence-electron chi connectivity index (χ4n) is 5.07. The van der Waals surface area contributed by atoms with Crippen LogP contribution >= 0.6 is 0 Å². The van der Waals surface area contributed by atoms with E-state index in [0.717, 1.165) is 34.9 Å². The van der Waals surface area contributed by atoms with Crippen molar-refractivity contribution >= 4 is 23.3 Å². The lowest BCUT2D eigenvalue weighted by molar-refractivity contribution is -0.118. The van der Waals surface area contributed by atoms with Crippen molar-refractivity contribution in [2.45, 2.75) is 65.3 Å². The number of para-hydroxylation sites is 1. The number of benzene rings is 1. The van der Waals surface area contributed by atoms with E-state index >= 15 is 0 Å². The molecule has 1 aliphatic carbocycles. The second-order valence-electron chi connectivity index (χ2n) is 9.20. The van der Waals surface area contributed by atoms with Gasteiger partial charge in [0.05, 0.1) is 18.4 Å². The summed E-state index contributed by atoms with van der Waals surface area (Å²) in [5.74, 6) is 2.13. The number of hydrogen-bond acceptors (Lipinski definition) is 4. The first-order valence-corrected chi connectivity index (χ1v) is 12.8. The summed E-state index contributed by atoms with van der Waals surface area (Å²) in [6, 6.07) is 11.3. The van der Waals surface area contributed by atoms with Gasteiger partial charge in [-0.2, -0.15) is 0 Å². The number of hydrogen-bond donors (Lipinski definition) is 1. The van der Waals surface area contributed by atoms with Gasteiger partial charge in [-0.15, -0.1) is 0 Å². The highest BCUT2D eigenvalue weighted by molar-refractivity contribution is 5.96. The third-order valence-corrected chi connectivity index (χ3v) is 7.01. The van der Waals surface area contributed by atoms with Gasteiger partial charge in [0, 0.05) is 31.3 Å². The molecular formula is C28H36N4O3. The van der Waals surface area contributed by atoms with Crippen LogP contribution < -0.4 is 15.0 Å². The summed E-state index contributed by atoms with van der Waals surface area (Å²) < 4.78 is 7.28. The topological polar surface area (TPSA) is 75.9 Å². The fourth-order valence-corrected chi connectivity index (χ4v) is 5.07. The van der Waals surface area contributed by atoms with E-state index in [2.05, 4.69) is 5.32 Å². The highest BCUT2D eigenvalue weighted by Crippen LogP contribution is 2.30. The Morgan fingerprint density at radius 1 is 1.14 bits per heavy atom. The number of nitrogens with one attached hydrogen (secondary N) is 1. The number of anilines is 1. The molecule has 2 aromatic heterocycles. The van der Waals surface area contributed by atoms with E-state index < -0.39 is 0 Å². The number of ether oxygens (including phenoxy) is 1. The number of fused-ring (bicyclic) bond motifs is 1. The highest BCUT2D eigenvalue weighted by atomic mass is 16.5. The molecule has 7 heteroatoms. The SMILES string of the molecule is CCc1nc2ccc(C(=O)NCc3ccccc3OC)cn2c1N(CC)C(=O)CCC1CCCC1. The Hall–Kier alpha value is -3.35. The van der Waals surface area contributed by atoms with Gasteiger partial charge >= 0.3 is 0 Å². The molecule has 0 saturated heterocycles. The Bertz CT molecular complexity index is 1180. The van der Waals surface area contributed by atoms with Crippen LogP contribution in [0.4, 0.5) is 5.82 Å². The lowest BCUT2D eigenvalue weighted by atomic mass is 10.0. The molecule has 1 fully saturated rings. The minimum absolute atomic E-state index is 0.127. The van der Waals surface area contributed by atoms with Gasteiger partial charge in [0.1, 0.15) is 17.2 Å². The van der Waals surface area contributed by atoms with Gasteiger partial charge in [0.25, 0.3) is 5.91 Å². The molecular weight excluding hydrogens is 440 g/mol. The summed E-state index contributed by atoms with van der Waals surface area (Å²) in [5, 5.41) is 2.98. The van der Waals surface area contributed by atoms with Crippen molar-refractivity contribution in [1.29, 1.82) is 0 Å². The maximum atomic E-state index is 13.3. The zero-order valence-corrected chi connectivity index (χ0v) is 21.0. The molecule has 0 radical (unpaired) electrons. The minimum atomic E-state index is -0.189. The van der Waals surface area contributed by atoms with Gasteiger partial charge < -0.3 is 10.1 Å². The smallest absolute Gasteiger partial charge is 0.253 e. The van der Waals surface area contributed by atoms with Crippen LogP contribution in [0.2, 0.25) is 0 Å². The second-order valence-corrected chi connectivity index (χ2v) is 9.20. The number of pyridine rings is 1. The third-order valence-electron chi connectivity index (χ3n) is 7.01. The summed E-state index contributed by atoms with van der Waals surface area (Å²) in [6.07, 6.45) is 9.04. The first-order valence-electron chi connectivity index (χ1n) is 12.8. The van der Waals surface area contributed by atoms with Gasteiger partial charge in [-0.3, -0.25) is 18.9 Å². The quantitative estimate of drug-likeness (QED) is 0.439. The number of nitrogens with zero attached hydrogens (tertiary/aromatic N) is 3. The molecule has 1 saturated carbocycles. The molecule has 0 atom stereocenters. The van der Waals surface area contributed by atoms with Gasteiger partial charge in [0.15, 0.2) is 0 Å². The van der Waals surface area contributed by atoms with E-state index in [1.54, 1.807) is 19.4 Å². The van der Waals surface area contributed by atoms with E-state index in [-0.39, 0.29) is 11.8 Å². The summed E-state index contributed by atoms with van der Waals surface area (Å²) in [7, 11) is 1.62. The molecule has 1 aromatic carbocycles. The number of aromatic nitrogens is 2. The lowest BCUT2D eigenvalue weighted by Gasteiger charge is -2.22. The second kappa shape index (κ2) is 11.4. The Labute approximate surface area is 207 Å². The number of carbonyl (C=O) groups excluding carboxylic acids is 2. The van der Waals surface area contributed by atoms with Crippen LogP contribution in [-0.4, -0.2) is 34.9 Å². The van der Waals surface area contributed by atoms with Crippen molar-refractivity contribution in [2.75, 3.05) is 18.6 Å². The van der Waals surface area contributed by atoms with Crippen LogP contribution in [0.3, 0.4) is 0 Å². The van der Waals surface area contributed by atoms with Gasteiger partial charge in [-0.05, 0) is 43.9 Å². The Kier molecular flexibility index (Phi) is 8.06. The molecule has 0 bridgehead atoms. The van der Waals surface area contributed by atoms with Crippen molar-refractivity contribution in [3.05, 3.63) is 59.4 Å². The molecule has 4 rings (SSSR count). The van der Waals surface area contributed by atoms with Crippen molar-refractivity contribution < 1.29 is 14.3 Å². The largest absolute Gasteiger partial charge is 0.496 e. The number of imidazole rings is 1. The Morgan fingerprint density at radius 3 is 2.63 bits per heavy atom. The van der Waals surface area contributed by atoms with Crippen LogP contribution in [0.15, 0.2) is 42.6 Å². The molecule has 186 valence electrons. The van der Waals surface area contributed by atoms with E-state index in [1.165, 1.54) is 25.7 Å². The number of carbonyl (C=O) groups is 2. The summed E-state index contributed by atoms with van der Waals surface area (Å²) in [4.78, 5) is 32.9.